The summed E-state index contributed by atoms with van der Waals surface area (Å²) in [4.78, 5) is 19.6. The first-order valence-corrected chi connectivity index (χ1v) is 8.61. The van der Waals surface area contributed by atoms with Gasteiger partial charge in [-0.05, 0) is 31.9 Å². The van der Waals surface area contributed by atoms with E-state index in [1.54, 1.807) is 6.92 Å². The van der Waals surface area contributed by atoms with E-state index >= 15 is 0 Å². The SMILES string of the molecule is Cc1cccc(C)c1NC(=O)C(C)Sc1nc2cc(F)c(F)cc2[nH]1. The minimum atomic E-state index is -0.948. The lowest BCUT2D eigenvalue weighted by Crippen LogP contribution is -2.23. The Morgan fingerprint density at radius 1 is 1.20 bits per heavy atom. The molecule has 2 N–H and O–H groups in total. The largest absolute Gasteiger partial charge is 0.333 e. The van der Waals surface area contributed by atoms with Crippen LogP contribution in [0.3, 0.4) is 0 Å². The number of nitrogens with one attached hydrogen (secondary N) is 2. The van der Waals surface area contributed by atoms with Crippen molar-refractivity contribution >= 4 is 34.4 Å². The molecule has 7 heteroatoms. The van der Waals surface area contributed by atoms with Gasteiger partial charge in [0.1, 0.15) is 0 Å². The van der Waals surface area contributed by atoms with Gasteiger partial charge in [-0.2, -0.15) is 0 Å². The lowest BCUT2D eigenvalue weighted by molar-refractivity contribution is -0.115. The van der Waals surface area contributed by atoms with Gasteiger partial charge in [-0.3, -0.25) is 4.79 Å². The highest BCUT2D eigenvalue weighted by molar-refractivity contribution is 8.00. The molecule has 1 atom stereocenters. The van der Waals surface area contributed by atoms with Crippen LogP contribution in [0.15, 0.2) is 35.5 Å². The molecular weight excluding hydrogens is 344 g/mol. The second-order valence-corrected chi connectivity index (χ2v) is 7.17. The zero-order chi connectivity index (χ0) is 18.1. The van der Waals surface area contributed by atoms with Gasteiger partial charge in [0.05, 0.1) is 16.3 Å². The molecule has 0 aliphatic heterocycles. The number of anilines is 1. The number of fused-ring (bicyclic) bond motifs is 1. The van der Waals surface area contributed by atoms with Crippen LogP contribution in [-0.2, 0) is 4.79 Å². The fourth-order valence-corrected chi connectivity index (χ4v) is 3.32. The molecule has 0 aliphatic rings. The number of aryl methyl sites for hydroxylation is 2. The second kappa shape index (κ2) is 6.84. The number of thioether (sulfide) groups is 1. The van der Waals surface area contributed by atoms with Gasteiger partial charge >= 0.3 is 0 Å². The average molecular weight is 361 g/mol. The maximum Gasteiger partial charge on any atom is 0.237 e. The van der Waals surface area contributed by atoms with Crippen molar-refractivity contribution in [2.75, 3.05) is 5.32 Å². The quantitative estimate of drug-likeness (QED) is 0.669. The van der Waals surface area contributed by atoms with Gasteiger partial charge in [-0.1, -0.05) is 30.0 Å². The predicted molar refractivity (Wildman–Crippen MR) is 95.9 cm³/mol. The normalized spacial score (nSPS) is 12.4. The van der Waals surface area contributed by atoms with Crippen molar-refractivity contribution in [2.24, 2.45) is 0 Å². The highest BCUT2D eigenvalue weighted by atomic mass is 32.2. The van der Waals surface area contributed by atoms with Crippen LogP contribution in [0.25, 0.3) is 11.0 Å². The van der Waals surface area contributed by atoms with Gasteiger partial charge < -0.3 is 10.3 Å². The van der Waals surface area contributed by atoms with Gasteiger partial charge in [0.25, 0.3) is 0 Å². The van der Waals surface area contributed by atoms with Crippen molar-refractivity contribution in [3.63, 3.8) is 0 Å². The number of halogens is 2. The van der Waals surface area contributed by atoms with Crippen LogP contribution in [0.4, 0.5) is 14.5 Å². The van der Waals surface area contributed by atoms with Gasteiger partial charge in [0.15, 0.2) is 16.8 Å². The number of hydrogen-bond acceptors (Lipinski definition) is 3. The number of H-pyrrole nitrogens is 1. The standard InChI is InChI=1S/C18H17F2N3OS/c1-9-5-4-6-10(2)16(9)23-17(24)11(3)25-18-21-14-7-12(19)13(20)8-15(14)22-18/h4-8,11H,1-3H3,(H,21,22)(H,23,24). The van der Waals surface area contributed by atoms with E-state index in [9.17, 15) is 13.6 Å². The summed E-state index contributed by atoms with van der Waals surface area (Å²) in [6.45, 7) is 5.62. The van der Waals surface area contributed by atoms with Gasteiger partial charge in [0.2, 0.25) is 5.91 Å². The number of benzene rings is 2. The molecule has 0 aliphatic carbocycles. The Labute approximate surface area is 148 Å². The Hall–Kier alpha value is -2.41. The van der Waals surface area contributed by atoms with E-state index in [0.29, 0.717) is 16.2 Å². The lowest BCUT2D eigenvalue weighted by Gasteiger charge is -2.14. The number of aromatic nitrogens is 2. The van der Waals surface area contributed by atoms with E-state index in [2.05, 4.69) is 15.3 Å². The van der Waals surface area contributed by atoms with E-state index in [0.717, 1.165) is 28.9 Å². The van der Waals surface area contributed by atoms with Crippen molar-refractivity contribution in [2.45, 2.75) is 31.2 Å². The molecule has 0 saturated heterocycles. The molecule has 1 aromatic heterocycles. The molecule has 1 amide bonds. The van der Waals surface area contributed by atoms with Crippen LogP contribution >= 0.6 is 11.8 Å². The Morgan fingerprint density at radius 3 is 2.52 bits per heavy atom. The monoisotopic (exact) mass is 361 g/mol. The molecule has 130 valence electrons. The van der Waals surface area contributed by atoms with Crippen molar-refractivity contribution in [3.8, 4) is 0 Å². The molecule has 0 saturated carbocycles. The number of aromatic amines is 1. The molecule has 3 rings (SSSR count). The summed E-state index contributed by atoms with van der Waals surface area (Å²) in [5.41, 5.74) is 3.49. The molecular formula is C18H17F2N3OS. The fraction of sp³-hybridized carbons (Fsp3) is 0.222. The molecule has 0 fully saturated rings. The molecule has 3 aromatic rings. The van der Waals surface area contributed by atoms with Crippen molar-refractivity contribution in [1.82, 2.24) is 9.97 Å². The molecule has 1 heterocycles. The van der Waals surface area contributed by atoms with Gasteiger partial charge in [0, 0.05) is 17.8 Å². The van der Waals surface area contributed by atoms with Crippen LogP contribution in [0.1, 0.15) is 18.1 Å². The Bertz CT molecular complexity index is 896. The molecule has 0 spiro atoms. The van der Waals surface area contributed by atoms with Crippen molar-refractivity contribution in [1.29, 1.82) is 0 Å². The summed E-state index contributed by atoms with van der Waals surface area (Å²) < 4.78 is 26.5. The number of carbonyl (C=O) groups is 1. The first kappa shape index (κ1) is 17.4. The smallest absolute Gasteiger partial charge is 0.237 e. The Kier molecular flexibility index (Phi) is 4.76. The average Bonchev–Trinajstić information content (AvgIpc) is 2.92. The van der Waals surface area contributed by atoms with Crippen LogP contribution in [0.5, 0.6) is 0 Å². The zero-order valence-corrected chi connectivity index (χ0v) is 14.8. The third-order valence-electron chi connectivity index (χ3n) is 3.89. The third-order valence-corrected chi connectivity index (χ3v) is 4.87. The minimum Gasteiger partial charge on any atom is -0.333 e. The van der Waals surface area contributed by atoms with E-state index < -0.39 is 16.9 Å². The van der Waals surface area contributed by atoms with Crippen LogP contribution < -0.4 is 5.32 Å². The number of imidazole rings is 1. The number of carbonyl (C=O) groups excluding carboxylic acids is 1. The maximum absolute atomic E-state index is 13.3. The van der Waals surface area contributed by atoms with Crippen LogP contribution in [0.2, 0.25) is 0 Å². The molecule has 4 nitrogen and oxygen atoms in total. The van der Waals surface area contributed by atoms with Crippen LogP contribution in [-0.4, -0.2) is 21.1 Å². The zero-order valence-electron chi connectivity index (χ0n) is 14.0. The predicted octanol–water partition coefficient (Wildman–Crippen LogP) is 4.58. The summed E-state index contributed by atoms with van der Waals surface area (Å²) in [5, 5.41) is 2.93. The number of rotatable bonds is 4. The first-order chi connectivity index (χ1) is 11.8. The van der Waals surface area contributed by atoms with Gasteiger partial charge in [-0.15, -0.1) is 0 Å². The summed E-state index contributed by atoms with van der Waals surface area (Å²) in [5.74, 6) is -2.05. The number of nitrogens with zero attached hydrogens (tertiary/aromatic N) is 1. The number of para-hydroxylation sites is 1. The topological polar surface area (TPSA) is 57.8 Å². The molecule has 2 aromatic carbocycles. The molecule has 0 bridgehead atoms. The van der Waals surface area contributed by atoms with Gasteiger partial charge in [-0.25, -0.2) is 13.8 Å². The van der Waals surface area contributed by atoms with E-state index in [1.165, 1.54) is 11.8 Å². The molecule has 25 heavy (non-hydrogen) atoms. The summed E-state index contributed by atoms with van der Waals surface area (Å²) >= 11 is 1.20. The molecule has 0 radical (unpaired) electrons. The fourth-order valence-electron chi connectivity index (χ4n) is 2.49. The van der Waals surface area contributed by atoms with E-state index in [-0.39, 0.29) is 5.91 Å². The summed E-state index contributed by atoms with van der Waals surface area (Å²) in [6.07, 6.45) is 0. The van der Waals surface area contributed by atoms with Crippen molar-refractivity contribution < 1.29 is 13.6 Å². The summed E-state index contributed by atoms with van der Waals surface area (Å²) in [7, 11) is 0. The van der Waals surface area contributed by atoms with Crippen molar-refractivity contribution in [3.05, 3.63) is 53.1 Å². The minimum absolute atomic E-state index is 0.166. The summed E-state index contributed by atoms with van der Waals surface area (Å²) in [6, 6.07) is 7.90. The number of hydrogen-bond donors (Lipinski definition) is 2. The highest BCUT2D eigenvalue weighted by Gasteiger charge is 2.18. The highest BCUT2D eigenvalue weighted by Crippen LogP contribution is 2.26. The van der Waals surface area contributed by atoms with E-state index in [1.807, 2.05) is 32.0 Å². The Balaban J connectivity index is 1.75. The maximum atomic E-state index is 13.3. The van der Waals surface area contributed by atoms with E-state index in [4.69, 9.17) is 0 Å². The first-order valence-electron chi connectivity index (χ1n) is 7.73. The lowest BCUT2D eigenvalue weighted by atomic mass is 10.1. The third kappa shape index (κ3) is 3.66. The Morgan fingerprint density at radius 2 is 1.84 bits per heavy atom. The number of amides is 1. The molecule has 1 unspecified atom stereocenters. The van der Waals surface area contributed by atoms with Crippen LogP contribution in [0, 0.1) is 25.5 Å². The second-order valence-electron chi connectivity index (χ2n) is 5.84.